The van der Waals surface area contributed by atoms with Gasteiger partial charge in [0.1, 0.15) is 0 Å². The van der Waals surface area contributed by atoms with Crippen LogP contribution in [0.25, 0.3) is 6.08 Å². The van der Waals surface area contributed by atoms with Crippen molar-refractivity contribution in [1.82, 2.24) is 4.90 Å². The maximum absolute atomic E-state index is 13.3. The number of halogens is 2. The van der Waals surface area contributed by atoms with Crippen LogP contribution in [0.3, 0.4) is 0 Å². The van der Waals surface area contributed by atoms with Crippen molar-refractivity contribution in [1.29, 1.82) is 0 Å². The third-order valence-electron chi connectivity index (χ3n) is 6.23. The van der Waals surface area contributed by atoms with E-state index < -0.39 is 0 Å². The lowest BCUT2D eigenvalue weighted by Gasteiger charge is -2.39. The SMILES string of the molecule is CN1CCC(C)(c2ccccc2/C=C2\SCCN(c3ccc(Cl)c(Cl)c3)C2=O)CC1. The van der Waals surface area contributed by atoms with Crippen LogP contribution in [0.5, 0.6) is 0 Å². The molecule has 4 rings (SSSR count). The summed E-state index contributed by atoms with van der Waals surface area (Å²) in [6.45, 7) is 5.21. The standard InChI is InChI=1S/C24H26Cl2N2OS/c1-24(9-11-27(2)12-10-24)19-6-4-3-5-17(19)15-22-23(29)28(13-14-30-22)18-7-8-20(25)21(26)16-18/h3-8,15-16H,9-14H2,1-2H3/b22-15-. The van der Waals surface area contributed by atoms with Gasteiger partial charge in [0.25, 0.3) is 5.91 Å². The van der Waals surface area contributed by atoms with Gasteiger partial charge >= 0.3 is 0 Å². The van der Waals surface area contributed by atoms with Crippen LogP contribution >= 0.6 is 35.0 Å². The second-order valence-electron chi connectivity index (χ2n) is 8.36. The molecule has 2 aliphatic heterocycles. The van der Waals surface area contributed by atoms with Crippen LogP contribution in [-0.2, 0) is 10.2 Å². The molecule has 2 aromatic carbocycles. The molecular weight excluding hydrogens is 435 g/mol. The van der Waals surface area contributed by atoms with Crippen molar-refractivity contribution < 1.29 is 4.79 Å². The average Bonchev–Trinajstić information content (AvgIpc) is 2.74. The molecule has 0 spiro atoms. The molecule has 0 bridgehead atoms. The lowest BCUT2D eigenvalue weighted by atomic mass is 9.73. The monoisotopic (exact) mass is 460 g/mol. The summed E-state index contributed by atoms with van der Waals surface area (Å²) in [5.74, 6) is 0.871. The number of carbonyl (C=O) groups excluding carboxylic acids is 1. The van der Waals surface area contributed by atoms with Crippen molar-refractivity contribution in [2.75, 3.05) is 37.3 Å². The van der Waals surface area contributed by atoms with E-state index in [1.54, 1.807) is 28.8 Å². The summed E-state index contributed by atoms with van der Waals surface area (Å²) in [5.41, 5.74) is 3.41. The molecule has 0 aromatic heterocycles. The minimum absolute atomic E-state index is 0.0213. The molecule has 1 amide bonds. The Morgan fingerprint density at radius 2 is 1.77 bits per heavy atom. The fourth-order valence-corrected chi connectivity index (χ4v) is 5.47. The molecule has 2 saturated heterocycles. The van der Waals surface area contributed by atoms with Gasteiger partial charge in [-0.25, -0.2) is 0 Å². The fraction of sp³-hybridized carbons (Fsp3) is 0.375. The van der Waals surface area contributed by atoms with E-state index in [9.17, 15) is 4.79 Å². The molecule has 2 fully saturated rings. The summed E-state index contributed by atoms with van der Waals surface area (Å²) in [4.78, 5) is 18.2. The number of nitrogens with zero attached hydrogens (tertiary/aromatic N) is 2. The van der Waals surface area contributed by atoms with E-state index in [2.05, 4.69) is 49.2 Å². The van der Waals surface area contributed by atoms with E-state index in [1.165, 1.54) is 5.56 Å². The number of benzene rings is 2. The van der Waals surface area contributed by atoms with E-state index in [0.717, 1.165) is 47.8 Å². The van der Waals surface area contributed by atoms with Gasteiger partial charge in [0, 0.05) is 18.0 Å². The molecule has 6 heteroatoms. The fourth-order valence-electron chi connectivity index (χ4n) is 4.24. The molecule has 0 N–H and O–H groups in total. The van der Waals surface area contributed by atoms with Gasteiger partial charge in [-0.3, -0.25) is 4.79 Å². The normalized spacial score (nSPS) is 21.3. The number of piperidine rings is 1. The van der Waals surface area contributed by atoms with Gasteiger partial charge in [-0.05, 0) is 73.8 Å². The van der Waals surface area contributed by atoms with Gasteiger partial charge in [0.2, 0.25) is 0 Å². The third-order valence-corrected chi connectivity index (χ3v) is 7.96. The molecule has 30 heavy (non-hydrogen) atoms. The minimum Gasteiger partial charge on any atom is -0.307 e. The van der Waals surface area contributed by atoms with Crippen LogP contribution in [-0.4, -0.2) is 43.2 Å². The van der Waals surface area contributed by atoms with Crippen LogP contribution in [0.4, 0.5) is 5.69 Å². The van der Waals surface area contributed by atoms with Crippen LogP contribution in [0, 0.1) is 0 Å². The molecule has 158 valence electrons. The van der Waals surface area contributed by atoms with Crippen LogP contribution < -0.4 is 4.90 Å². The maximum Gasteiger partial charge on any atom is 0.264 e. The second-order valence-corrected chi connectivity index (χ2v) is 10.3. The lowest BCUT2D eigenvalue weighted by Crippen LogP contribution is -2.39. The van der Waals surface area contributed by atoms with Gasteiger partial charge in [0.05, 0.1) is 15.0 Å². The Hall–Kier alpha value is -1.46. The molecular formula is C24H26Cl2N2OS. The molecule has 0 radical (unpaired) electrons. The molecule has 2 aliphatic rings. The van der Waals surface area contributed by atoms with E-state index >= 15 is 0 Å². The largest absolute Gasteiger partial charge is 0.307 e. The summed E-state index contributed by atoms with van der Waals surface area (Å²) in [6.07, 6.45) is 4.33. The molecule has 0 atom stereocenters. The number of rotatable bonds is 3. The highest BCUT2D eigenvalue weighted by atomic mass is 35.5. The van der Waals surface area contributed by atoms with E-state index in [0.29, 0.717) is 16.6 Å². The average molecular weight is 461 g/mol. The van der Waals surface area contributed by atoms with Gasteiger partial charge in [-0.1, -0.05) is 54.4 Å². The first-order chi connectivity index (χ1) is 14.4. The van der Waals surface area contributed by atoms with Crippen molar-refractivity contribution in [3.63, 3.8) is 0 Å². The number of likely N-dealkylation sites (tertiary alicyclic amines) is 1. The first-order valence-corrected chi connectivity index (χ1v) is 12.0. The first kappa shape index (κ1) is 21.8. The van der Waals surface area contributed by atoms with Gasteiger partial charge in [0.15, 0.2) is 0 Å². The zero-order valence-electron chi connectivity index (χ0n) is 17.3. The van der Waals surface area contributed by atoms with Crippen LogP contribution in [0.15, 0.2) is 47.4 Å². The molecule has 2 aromatic rings. The topological polar surface area (TPSA) is 23.6 Å². The number of hydrogen-bond donors (Lipinski definition) is 0. The molecule has 0 saturated carbocycles. The number of carbonyl (C=O) groups is 1. The highest BCUT2D eigenvalue weighted by Gasteiger charge is 2.33. The van der Waals surface area contributed by atoms with Crippen molar-refractivity contribution in [3.05, 3.63) is 68.5 Å². The quantitative estimate of drug-likeness (QED) is 0.517. The van der Waals surface area contributed by atoms with E-state index in [4.69, 9.17) is 23.2 Å². The molecule has 0 aliphatic carbocycles. The summed E-state index contributed by atoms with van der Waals surface area (Å²) in [7, 11) is 2.18. The van der Waals surface area contributed by atoms with Gasteiger partial charge < -0.3 is 9.80 Å². The minimum atomic E-state index is 0.0213. The van der Waals surface area contributed by atoms with E-state index in [-0.39, 0.29) is 11.3 Å². The number of thioether (sulfide) groups is 1. The Bertz CT molecular complexity index is 983. The Morgan fingerprint density at radius 1 is 1.03 bits per heavy atom. The van der Waals surface area contributed by atoms with Crippen molar-refractivity contribution in [2.45, 2.75) is 25.2 Å². The van der Waals surface area contributed by atoms with E-state index in [1.807, 2.05) is 6.07 Å². The zero-order valence-corrected chi connectivity index (χ0v) is 19.7. The van der Waals surface area contributed by atoms with Crippen molar-refractivity contribution in [3.8, 4) is 0 Å². The molecule has 3 nitrogen and oxygen atoms in total. The Labute approximate surface area is 193 Å². The van der Waals surface area contributed by atoms with Gasteiger partial charge in [-0.15, -0.1) is 11.8 Å². The number of anilines is 1. The smallest absolute Gasteiger partial charge is 0.264 e. The van der Waals surface area contributed by atoms with Crippen LogP contribution in [0.1, 0.15) is 30.9 Å². The van der Waals surface area contributed by atoms with Crippen molar-refractivity contribution in [2.24, 2.45) is 0 Å². The second kappa shape index (κ2) is 8.96. The number of hydrogen-bond acceptors (Lipinski definition) is 3. The summed E-state index contributed by atoms with van der Waals surface area (Å²) in [5, 5.41) is 0.960. The third kappa shape index (κ3) is 4.43. The highest BCUT2D eigenvalue weighted by molar-refractivity contribution is 8.04. The molecule has 0 unspecified atom stereocenters. The maximum atomic E-state index is 13.3. The number of amides is 1. The Balaban J connectivity index is 1.65. The summed E-state index contributed by atoms with van der Waals surface area (Å²) >= 11 is 13.9. The highest BCUT2D eigenvalue weighted by Crippen LogP contribution is 2.39. The predicted octanol–water partition coefficient (Wildman–Crippen LogP) is 6.10. The van der Waals surface area contributed by atoms with Gasteiger partial charge in [-0.2, -0.15) is 0 Å². The molecule has 2 heterocycles. The summed E-state index contributed by atoms with van der Waals surface area (Å²) in [6, 6.07) is 13.9. The Morgan fingerprint density at radius 3 is 2.50 bits per heavy atom. The zero-order chi connectivity index (χ0) is 21.3. The van der Waals surface area contributed by atoms with Crippen molar-refractivity contribution >= 4 is 52.6 Å². The van der Waals surface area contributed by atoms with Crippen LogP contribution in [0.2, 0.25) is 10.0 Å². The predicted molar refractivity (Wildman–Crippen MR) is 130 cm³/mol. The summed E-state index contributed by atoms with van der Waals surface area (Å²) < 4.78 is 0. The lowest BCUT2D eigenvalue weighted by molar-refractivity contribution is -0.114. The first-order valence-electron chi connectivity index (χ1n) is 10.3. The Kier molecular flexibility index (Phi) is 6.50.